The van der Waals surface area contributed by atoms with Gasteiger partial charge in [-0.15, -0.1) is 0 Å². The molecular formula is C30H28N6. The molecule has 6 nitrogen and oxygen atoms in total. The summed E-state index contributed by atoms with van der Waals surface area (Å²) in [5, 5.41) is 7.36. The van der Waals surface area contributed by atoms with Crippen molar-refractivity contribution in [2.45, 2.75) is 49.9 Å². The van der Waals surface area contributed by atoms with E-state index in [-0.39, 0.29) is 0 Å². The van der Waals surface area contributed by atoms with Gasteiger partial charge in [0.05, 0.1) is 23.8 Å². The summed E-state index contributed by atoms with van der Waals surface area (Å²) >= 11 is 0. The Kier molecular flexibility index (Phi) is 4.52. The van der Waals surface area contributed by atoms with Gasteiger partial charge >= 0.3 is 0 Å². The number of imidazole rings is 2. The van der Waals surface area contributed by atoms with E-state index in [1.165, 1.54) is 37.1 Å². The van der Waals surface area contributed by atoms with Crippen molar-refractivity contribution in [3.05, 3.63) is 83.4 Å². The summed E-state index contributed by atoms with van der Waals surface area (Å²) < 4.78 is 0. The molecule has 0 bridgehead atoms. The Morgan fingerprint density at radius 3 is 1.42 bits per heavy atom. The summed E-state index contributed by atoms with van der Waals surface area (Å²) in [7, 11) is 0. The molecule has 0 amide bonds. The Morgan fingerprint density at radius 2 is 1.03 bits per heavy atom. The van der Waals surface area contributed by atoms with E-state index in [0.717, 1.165) is 57.8 Å². The predicted molar refractivity (Wildman–Crippen MR) is 139 cm³/mol. The van der Waals surface area contributed by atoms with E-state index in [2.05, 4.69) is 90.9 Å². The highest BCUT2D eigenvalue weighted by molar-refractivity contribution is 5.59. The molecule has 4 N–H and O–H groups in total. The zero-order chi connectivity index (χ0) is 23.6. The molecule has 4 heterocycles. The average molecular weight is 473 g/mol. The first-order valence-electron chi connectivity index (χ1n) is 13.1. The van der Waals surface area contributed by atoms with Crippen LogP contribution in [-0.4, -0.2) is 32.0 Å². The fraction of sp³-hybridized carbons (Fsp3) is 0.333. The Morgan fingerprint density at radius 1 is 0.583 bits per heavy atom. The van der Waals surface area contributed by atoms with Crippen LogP contribution in [0.15, 0.2) is 60.9 Å². The summed E-state index contributed by atoms with van der Waals surface area (Å²) in [5.41, 5.74) is 6.54. The molecular weight excluding hydrogens is 444 g/mol. The van der Waals surface area contributed by atoms with Gasteiger partial charge in [0.2, 0.25) is 0 Å². The highest BCUT2D eigenvalue weighted by atomic mass is 15.1. The lowest BCUT2D eigenvalue weighted by Crippen LogP contribution is -2.17. The van der Waals surface area contributed by atoms with Gasteiger partial charge in [0.1, 0.15) is 11.6 Å². The van der Waals surface area contributed by atoms with Crippen LogP contribution in [0.2, 0.25) is 0 Å². The molecule has 6 heteroatoms. The molecule has 6 atom stereocenters. The lowest BCUT2D eigenvalue weighted by atomic mass is 10.1. The predicted octanol–water partition coefficient (Wildman–Crippen LogP) is 4.71. The number of aromatic nitrogens is 4. The third kappa shape index (κ3) is 3.76. The molecule has 8 rings (SSSR count). The molecule has 4 aliphatic rings. The summed E-state index contributed by atoms with van der Waals surface area (Å²) in [6, 6.07) is 18.9. The van der Waals surface area contributed by atoms with Crippen LogP contribution >= 0.6 is 0 Å². The average Bonchev–Trinajstić information content (AvgIpc) is 3.48. The third-order valence-electron chi connectivity index (χ3n) is 8.36. The SMILES string of the molecule is C(#Cc1ccc(-c2ncc([C@@H]3CC4CC4N3)[nH]2)cc1)c1ccc(-c2ncc([C@@H]3CC4CC4N3)[nH]2)cc1. The zero-order valence-electron chi connectivity index (χ0n) is 20.0. The van der Waals surface area contributed by atoms with Crippen LogP contribution in [0.4, 0.5) is 0 Å². The summed E-state index contributed by atoms with van der Waals surface area (Å²) in [5.74, 6) is 10.2. The van der Waals surface area contributed by atoms with E-state index in [1.807, 2.05) is 12.4 Å². The second-order valence-electron chi connectivity index (χ2n) is 10.9. The molecule has 2 aliphatic carbocycles. The molecule has 2 saturated heterocycles. The van der Waals surface area contributed by atoms with Gasteiger partial charge in [-0.1, -0.05) is 36.1 Å². The molecule has 4 aromatic rings. The van der Waals surface area contributed by atoms with Crippen LogP contribution in [0.3, 0.4) is 0 Å². The van der Waals surface area contributed by atoms with Crippen molar-refractivity contribution in [3.8, 4) is 34.6 Å². The van der Waals surface area contributed by atoms with E-state index in [4.69, 9.17) is 0 Å². The van der Waals surface area contributed by atoms with Crippen LogP contribution in [0.25, 0.3) is 22.8 Å². The first kappa shape index (κ1) is 20.5. The monoisotopic (exact) mass is 472 g/mol. The lowest BCUT2D eigenvalue weighted by molar-refractivity contribution is 0.556. The minimum absolute atomic E-state index is 0.427. The number of hydrogen-bond donors (Lipinski definition) is 4. The van der Waals surface area contributed by atoms with Gasteiger partial charge in [-0.2, -0.15) is 0 Å². The highest BCUT2D eigenvalue weighted by Crippen LogP contribution is 2.46. The van der Waals surface area contributed by atoms with Crippen LogP contribution in [-0.2, 0) is 0 Å². The van der Waals surface area contributed by atoms with Crippen molar-refractivity contribution < 1.29 is 0 Å². The number of aromatic amines is 2. The molecule has 2 aromatic heterocycles. The molecule has 2 aromatic carbocycles. The van der Waals surface area contributed by atoms with Crippen molar-refractivity contribution in [3.63, 3.8) is 0 Å². The highest BCUT2D eigenvalue weighted by Gasteiger charge is 2.47. The standard InChI is InChI=1S/C30H28N6/c1(17-3-7-19(8-4-17)29-31-15-27(35-29)25-13-21-11-23(21)33-25)2-18-5-9-20(10-6-18)30-32-16-28(36-30)26-14-22-12-24(22)34-26/h3-10,15-16,21-26,33-34H,11-14H2,(H,31,35)(H,32,36)/t21?,22?,23?,24?,25-,26-/m0/s1. The van der Waals surface area contributed by atoms with Crippen LogP contribution in [0.5, 0.6) is 0 Å². The molecule has 2 aliphatic heterocycles. The van der Waals surface area contributed by atoms with Gasteiger partial charge in [0, 0.05) is 46.4 Å². The molecule has 2 saturated carbocycles. The maximum atomic E-state index is 4.61. The molecule has 0 spiro atoms. The van der Waals surface area contributed by atoms with Crippen LogP contribution in [0.1, 0.15) is 60.3 Å². The van der Waals surface area contributed by atoms with Crippen molar-refractivity contribution >= 4 is 0 Å². The van der Waals surface area contributed by atoms with Crippen molar-refractivity contribution in [2.24, 2.45) is 11.8 Å². The van der Waals surface area contributed by atoms with Crippen LogP contribution in [0, 0.1) is 23.7 Å². The maximum absolute atomic E-state index is 4.61. The second-order valence-corrected chi connectivity index (χ2v) is 10.9. The Hall–Kier alpha value is -3.66. The minimum atomic E-state index is 0.427. The van der Waals surface area contributed by atoms with Gasteiger partial charge in [-0.25, -0.2) is 9.97 Å². The third-order valence-corrected chi connectivity index (χ3v) is 8.36. The molecule has 36 heavy (non-hydrogen) atoms. The summed E-state index contributed by atoms with van der Waals surface area (Å²) in [6.07, 6.45) is 9.09. The second kappa shape index (κ2) is 7.92. The minimum Gasteiger partial charge on any atom is -0.341 e. The Bertz CT molecular complexity index is 1350. The molecule has 4 fully saturated rings. The molecule has 0 radical (unpaired) electrons. The first-order chi connectivity index (χ1) is 17.7. The number of piperidine rings is 2. The van der Waals surface area contributed by atoms with Gasteiger partial charge in [-0.3, -0.25) is 0 Å². The maximum Gasteiger partial charge on any atom is 0.137 e. The smallest absolute Gasteiger partial charge is 0.137 e. The van der Waals surface area contributed by atoms with Gasteiger partial charge < -0.3 is 20.6 Å². The fourth-order valence-electron chi connectivity index (χ4n) is 6.00. The fourth-order valence-corrected chi connectivity index (χ4v) is 6.00. The quantitative estimate of drug-likeness (QED) is 0.324. The topological polar surface area (TPSA) is 81.4 Å². The van der Waals surface area contributed by atoms with Crippen molar-refractivity contribution in [1.82, 2.24) is 30.6 Å². The normalized spacial score (nSPS) is 29.3. The number of H-pyrrole nitrogens is 2. The van der Waals surface area contributed by atoms with E-state index >= 15 is 0 Å². The number of nitrogens with zero attached hydrogens (tertiary/aromatic N) is 2. The Labute approximate surface area is 210 Å². The molecule has 4 unspecified atom stereocenters. The first-order valence-corrected chi connectivity index (χ1v) is 13.1. The van der Waals surface area contributed by atoms with Gasteiger partial charge in [-0.05, 0) is 61.8 Å². The number of hydrogen-bond acceptors (Lipinski definition) is 4. The van der Waals surface area contributed by atoms with Crippen molar-refractivity contribution in [1.29, 1.82) is 0 Å². The number of nitrogens with one attached hydrogen (secondary N) is 4. The van der Waals surface area contributed by atoms with E-state index in [1.54, 1.807) is 0 Å². The zero-order valence-corrected chi connectivity index (χ0v) is 20.0. The van der Waals surface area contributed by atoms with Crippen molar-refractivity contribution in [2.75, 3.05) is 0 Å². The van der Waals surface area contributed by atoms with Crippen LogP contribution < -0.4 is 10.6 Å². The molecule has 178 valence electrons. The van der Waals surface area contributed by atoms with Gasteiger partial charge in [0.15, 0.2) is 0 Å². The van der Waals surface area contributed by atoms with E-state index in [9.17, 15) is 0 Å². The van der Waals surface area contributed by atoms with E-state index < -0.39 is 0 Å². The largest absolute Gasteiger partial charge is 0.341 e. The number of benzene rings is 2. The van der Waals surface area contributed by atoms with Gasteiger partial charge in [0.25, 0.3) is 0 Å². The lowest BCUT2D eigenvalue weighted by Gasteiger charge is -2.10. The number of fused-ring (bicyclic) bond motifs is 2. The Balaban J connectivity index is 0.928. The summed E-state index contributed by atoms with van der Waals surface area (Å²) in [6.45, 7) is 0. The van der Waals surface area contributed by atoms with E-state index in [0.29, 0.717) is 12.1 Å². The number of rotatable bonds is 4. The summed E-state index contributed by atoms with van der Waals surface area (Å²) in [4.78, 5) is 16.2.